The Kier molecular flexibility index (Phi) is 3.08. The Balaban J connectivity index is 2.31. The molecule has 0 bridgehead atoms. The molecule has 5 heteroatoms. The van der Waals surface area contributed by atoms with Crippen LogP contribution < -0.4 is 0 Å². The average molecular weight is 244 g/mol. The molecule has 2 rings (SSSR count). The average Bonchev–Trinajstić information content (AvgIpc) is 2.55. The second-order valence-electron chi connectivity index (χ2n) is 5.12. The van der Waals surface area contributed by atoms with Gasteiger partial charge in [-0.15, -0.1) is 6.58 Å². The molecule has 2 saturated heterocycles. The Hall–Kier alpha value is -0.460. The number of rotatable bonds is 2. The molecule has 0 aromatic heterocycles. The van der Waals surface area contributed by atoms with Crippen LogP contribution in [-0.2, 0) is 18.9 Å². The standard InChI is InChI=1S/C12H20O5/c1-6-12(4)9(14-5)7-8(10(13)17-12)16-11(2,3)15-7/h6-10,13H,1H2,2-5H3/t7-,8+,9+,10?,12-/m0/s1. The Bertz CT molecular complexity index is 316. The summed E-state index contributed by atoms with van der Waals surface area (Å²) in [7, 11) is 1.58. The molecule has 1 unspecified atom stereocenters. The monoisotopic (exact) mass is 244 g/mol. The lowest BCUT2D eigenvalue weighted by Gasteiger charge is -2.45. The summed E-state index contributed by atoms with van der Waals surface area (Å²) in [5, 5.41) is 9.96. The number of methoxy groups -OCH3 is 1. The van der Waals surface area contributed by atoms with E-state index in [1.165, 1.54) is 0 Å². The van der Waals surface area contributed by atoms with E-state index < -0.39 is 23.8 Å². The van der Waals surface area contributed by atoms with E-state index in [2.05, 4.69) is 6.58 Å². The molecule has 1 N–H and O–H groups in total. The van der Waals surface area contributed by atoms with Gasteiger partial charge in [0.05, 0.1) is 0 Å². The van der Waals surface area contributed by atoms with Crippen LogP contribution in [0.15, 0.2) is 12.7 Å². The molecule has 2 heterocycles. The minimum atomic E-state index is -1.05. The van der Waals surface area contributed by atoms with Gasteiger partial charge in [-0.25, -0.2) is 0 Å². The van der Waals surface area contributed by atoms with E-state index in [9.17, 15) is 5.11 Å². The van der Waals surface area contributed by atoms with E-state index in [-0.39, 0.29) is 12.2 Å². The topological polar surface area (TPSA) is 57.2 Å². The van der Waals surface area contributed by atoms with Crippen molar-refractivity contribution in [2.24, 2.45) is 0 Å². The maximum atomic E-state index is 9.96. The third kappa shape index (κ3) is 2.02. The van der Waals surface area contributed by atoms with Gasteiger partial charge in [-0.1, -0.05) is 6.08 Å². The van der Waals surface area contributed by atoms with Crippen molar-refractivity contribution in [3.05, 3.63) is 12.7 Å². The first-order valence-electron chi connectivity index (χ1n) is 5.71. The third-order valence-electron chi connectivity index (χ3n) is 3.34. The predicted octanol–water partition coefficient (Wildman–Crippen LogP) is 0.815. The van der Waals surface area contributed by atoms with E-state index in [4.69, 9.17) is 18.9 Å². The van der Waals surface area contributed by atoms with Gasteiger partial charge in [0.25, 0.3) is 0 Å². The first-order valence-corrected chi connectivity index (χ1v) is 5.71. The summed E-state index contributed by atoms with van der Waals surface area (Å²) in [4.78, 5) is 0. The van der Waals surface area contributed by atoms with Gasteiger partial charge in [0.15, 0.2) is 12.1 Å². The molecule has 0 amide bonds. The minimum absolute atomic E-state index is 0.366. The molecule has 0 saturated carbocycles. The zero-order chi connectivity index (χ0) is 12.8. The van der Waals surface area contributed by atoms with Gasteiger partial charge in [-0.05, 0) is 20.8 Å². The molecule has 2 aliphatic rings. The quantitative estimate of drug-likeness (QED) is 0.729. The van der Waals surface area contributed by atoms with E-state index in [1.807, 2.05) is 6.92 Å². The van der Waals surface area contributed by atoms with Gasteiger partial charge in [0, 0.05) is 7.11 Å². The Morgan fingerprint density at radius 2 is 1.76 bits per heavy atom. The molecule has 0 aliphatic carbocycles. The van der Waals surface area contributed by atoms with Crippen LogP contribution in [0.25, 0.3) is 0 Å². The van der Waals surface area contributed by atoms with Crippen LogP contribution in [0.3, 0.4) is 0 Å². The van der Waals surface area contributed by atoms with Crippen molar-refractivity contribution < 1.29 is 24.1 Å². The van der Waals surface area contributed by atoms with Crippen molar-refractivity contribution in [1.29, 1.82) is 0 Å². The molecule has 2 aliphatic heterocycles. The fourth-order valence-corrected chi connectivity index (χ4v) is 2.52. The summed E-state index contributed by atoms with van der Waals surface area (Å²) >= 11 is 0. The van der Waals surface area contributed by atoms with E-state index in [0.717, 1.165) is 0 Å². The summed E-state index contributed by atoms with van der Waals surface area (Å²) in [6.07, 6.45) is -0.703. The van der Waals surface area contributed by atoms with Gasteiger partial charge < -0.3 is 24.1 Å². The minimum Gasteiger partial charge on any atom is -0.375 e. The zero-order valence-electron chi connectivity index (χ0n) is 10.7. The van der Waals surface area contributed by atoms with Crippen LogP contribution in [0.2, 0.25) is 0 Å². The van der Waals surface area contributed by atoms with Crippen molar-refractivity contribution in [2.75, 3.05) is 7.11 Å². The highest BCUT2D eigenvalue weighted by atomic mass is 16.8. The van der Waals surface area contributed by atoms with Crippen LogP contribution in [0.5, 0.6) is 0 Å². The lowest BCUT2D eigenvalue weighted by atomic mass is 9.88. The second kappa shape index (κ2) is 4.03. The number of hydrogen-bond donors (Lipinski definition) is 1. The van der Waals surface area contributed by atoms with Gasteiger partial charge in [-0.3, -0.25) is 0 Å². The molecule has 0 aromatic carbocycles. The number of aliphatic hydroxyl groups excluding tert-OH is 1. The first-order chi connectivity index (χ1) is 7.83. The molecule has 0 spiro atoms. The molecular weight excluding hydrogens is 224 g/mol. The van der Waals surface area contributed by atoms with Crippen molar-refractivity contribution in [1.82, 2.24) is 0 Å². The summed E-state index contributed by atoms with van der Waals surface area (Å²) in [5.74, 6) is -0.747. The summed E-state index contributed by atoms with van der Waals surface area (Å²) in [6, 6.07) is 0. The SMILES string of the molecule is C=C[C@]1(C)OC(O)[C@@H]2OC(C)(C)O[C@@H]2[C@H]1OC. The fraction of sp³-hybridized carbons (Fsp3) is 0.833. The molecule has 0 aromatic rings. The lowest BCUT2D eigenvalue weighted by molar-refractivity contribution is -0.282. The molecule has 98 valence electrons. The number of hydrogen-bond acceptors (Lipinski definition) is 5. The number of ether oxygens (including phenoxy) is 4. The number of fused-ring (bicyclic) bond motifs is 1. The van der Waals surface area contributed by atoms with Gasteiger partial charge in [0.2, 0.25) is 0 Å². The van der Waals surface area contributed by atoms with Gasteiger partial charge in [-0.2, -0.15) is 0 Å². The number of aliphatic hydroxyl groups is 1. The highest BCUT2D eigenvalue weighted by molar-refractivity contribution is 5.10. The maximum Gasteiger partial charge on any atom is 0.185 e. The van der Waals surface area contributed by atoms with E-state index in [1.54, 1.807) is 27.0 Å². The van der Waals surface area contributed by atoms with Crippen molar-refractivity contribution in [3.8, 4) is 0 Å². The normalized spacial score (nSPS) is 48.8. The first kappa shape index (κ1) is 13.0. The van der Waals surface area contributed by atoms with E-state index >= 15 is 0 Å². The smallest absolute Gasteiger partial charge is 0.185 e. The molecule has 0 radical (unpaired) electrons. The third-order valence-corrected chi connectivity index (χ3v) is 3.34. The van der Waals surface area contributed by atoms with Crippen molar-refractivity contribution >= 4 is 0 Å². The Morgan fingerprint density at radius 3 is 2.29 bits per heavy atom. The van der Waals surface area contributed by atoms with Crippen LogP contribution in [0.4, 0.5) is 0 Å². The van der Waals surface area contributed by atoms with Crippen molar-refractivity contribution in [3.63, 3.8) is 0 Å². The molecular formula is C12H20O5. The molecule has 5 atom stereocenters. The van der Waals surface area contributed by atoms with Gasteiger partial charge in [0.1, 0.15) is 23.9 Å². The maximum absolute atomic E-state index is 9.96. The fourth-order valence-electron chi connectivity index (χ4n) is 2.52. The zero-order valence-corrected chi connectivity index (χ0v) is 10.7. The van der Waals surface area contributed by atoms with Crippen molar-refractivity contribution in [2.45, 2.75) is 56.8 Å². The van der Waals surface area contributed by atoms with Crippen LogP contribution in [-0.4, -0.2) is 48.2 Å². The summed E-state index contributed by atoms with van der Waals surface area (Å²) < 4.78 is 22.4. The second-order valence-corrected chi connectivity index (χ2v) is 5.12. The Morgan fingerprint density at radius 1 is 1.18 bits per heavy atom. The predicted molar refractivity (Wildman–Crippen MR) is 60.3 cm³/mol. The molecule has 5 nitrogen and oxygen atoms in total. The molecule has 17 heavy (non-hydrogen) atoms. The Labute approximate surface area is 101 Å². The lowest BCUT2D eigenvalue weighted by Crippen LogP contribution is -2.61. The largest absolute Gasteiger partial charge is 0.375 e. The summed E-state index contributed by atoms with van der Waals surface area (Å²) in [5.41, 5.74) is -0.793. The van der Waals surface area contributed by atoms with Gasteiger partial charge >= 0.3 is 0 Å². The van der Waals surface area contributed by atoms with Crippen LogP contribution in [0, 0.1) is 0 Å². The summed E-state index contributed by atoms with van der Waals surface area (Å²) in [6.45, 7) is 9.14. The molecule has 2 fully saturated rings. The van der Waals surface area contributed by atoms with Crippen LogP contribution >= 0.6 is 0 Å². The van der Waals surface area contributed by atoms with E-state index in [0.29, 0.717) is 0 Å². The highest BCUT2D eigenvalue weighted by Gasteiger charge is 2.58. The van der Waals surface area contributed by atoms with Crippen LogP contribution in [0.1, 0.15) is 20.8 Å². The highest BCUT2D eigenvalue weighted by Crippen LogP contribution is 2.41.